The lowest BCUT2D eigenvalue weighted by molar-refractivity contribution is -0.116. The number of nitrogens with one attached hydrogen (secondary N) is 2. The fraction of sp³-hybridized carbons (Fsp3) is 0.160. The molecule has 29 heavy (non-hydrogen) atoms. The summed E-state index contributed by atoms with van der Waals surface area (Å²) in [5.41, 5.74) is 6.18. The van der Waals surface area contributed by atoms with Crippen LogP contribution in [0.15, 0.2) is 94.6 Å². The van der Waals surface area contributed by atoms with Gasteiger partial charge in [0.2, 0.25) is 0 Å². The van der Waals surface area contributed by atoms with E-state index >= 15 is 0 Å². The SMILES string of the molecule is O=C1CC(c2ccccc2)CC2=C1C(c1ccccc1Br)Nc1ccccc1N2. The molecule has 5 rings (SSSR count). The van der Waals surface area contributed by atoms with E-state index in [9.17, 15) is 4.79 Å². The van der Waals surface area contributed by atoms with Gasteiger partial charge in [-0.15, -0.1) is 0 Å². The van der Waals surface area contributed by atoms with Gasteiger partial charge in [-0.1, -0.05) is 76.6 Å². The van der Waals surface area contributed by atoms with Gasteiger partial charge in [-0.3, -0.25) is 4.79 Å². The van der Waals surface area contributed by atoms with E-state index < -0.39 is 0 Å². The Labute approximate surface area is 179 Å². The Morgan fingerprint density at radius 2 is 1.48 bits per heavy atom. The monoisotopic (exact) mass is 444 g/mol. The van der Waals surface area contributed by atoms with Gasteiger partial charge in [0, 0.05) is 22.2 Å². The number of allylic oxidation sites excluding steroid dienone is 1. The van der Waals surface area contributed by atoms with Gasteiger partial charge < -0.3 is 10.6 Å². The quantitative estimate of drug-likeness (QED) is 0.478. The molecule has 3 nitrogen and oxygen atoms in total. The molecule has 144 valence electrons. The van der Waals surface area contributed by atoms with Crippen molar-refractivity contribution in [3.63, 3.8) is 0 Å². The van der Waals surface area contributed by atoms with Crippen LogP contribution in [0.1, 0.15) is 35.9 Å². The van der Waals surface area contributed by atoms with Crippen molar-refractivity contribution < 1.29 is 4.79 Å². The van der Waals surface area contributed by atoms with Crippen LogP contribution in [0.5, 0.6) is 0 Å². The maximum absolute atomic E-state index is 13.5. The van der Waals surface area contributed by atoms with Crippen LogP contribution in [0.2, 0.25) is 0 Å². The van der Waals surface area contributed by atoms with Gasteiger partial charge in [-0.25, -0.2) is 0 Å². The molecule has 3 aromatic rings. The highest BCUT2D eigenvalue weighted by atomic mass is 79.9. The third-order valence-corrected chi connectivity index (χ3v) is 6.52. The first kappa shape index (κ1) is 18.2. The number of hydrogen-bond acceptors (Lipinski definition) is 3. The largest absolute Gasteiger partial charge is 0.372 e. The number of rotatable bonds is 2. The smallest absolute Gasteiger partial charge is 0.163 e. The summed E-state index contributed by atoms with van der Waals surface area (Å²) in [6.45, 7) is 0. The summed E-state index contributed by atoms with van der Waals surface area (Å²) < 4.78 is 1.00. The molecular weight excluding hydrogens is 424 g/mol. The Morgan fingerprint density at radius 3 is 2.28 bits per heavy atom. The van der Waals surface area contributed by atoms with Crippen LogP contribution in [0.4, 0.5) is 11.4 Å². The van der Waals surface area contributed by atoms with Crippen molar-refractivity contribution in [1.82, 2.24) is 0 Å². The average molecular weight is 445 g/mol. The third-order valence-electron chi connectivity index (χ3n) is 5.80. The second-order valence-corrected chi connectivity index (χ2v) is 8.46. The van der Waals surface area contributed by atoms with E-state index in [-0.39, 0.29) is 17.7 Å². The van der Waals surface area contributed by atoms with Gasteiger partial charge in [0.15, 0.2) is 5.78 Å². The standard InChI is InChI=1S/C25H21BrN2O/c26-19-11-5-4-10-18(19)25-24-22(27-20-12-6-7-13-21(20)28-25)14-17(15-23(24)29)16-8-2-1-3-9-16/h1-13,17,25,27-28H,14-15H2. The minimum Gasteiger partial charge on any atom is -0.372 e. The Balaban J connectivity index is 1.64. The van der Waals surface area contributed by atoms with Gasteiger partial charge in [0.05, 0.1) is 17.4 Å². The highest BCUT2D eigenvalue weighted by Crippen LogP contribution is 2.45. The van der Waals surface area contributed by atoms with Crippen LogP contribution < -0.4 is 10.6 Å². The zero-order valence-electron chi connectivity index (χ0n) is 15.9. The molecule has 2 N–H and O–H groups in total. The molecule has 0 bridgehead atoms. The first-order valence-electron chi connectivity index (χ1n) is 9.89. The third kappa shape index (κ3) is 3.38. The van der Waals surface area contributed by atoms with Crippen LogP contribution in [-0.4, -0.2) is 5.78 Å². The summed E-state index contributed by atoms with van der Waals surface area (Å²) in [6, 6.07) is 26.5. The van der Waals surface area contributed by atoms with Crippen molar-refractivity contribution in [2.75, 3.05) is 10.6 Å². The van der Waals surface area contributed by atoms with Crippen molar-refractivity contribution in [2.45, 2.75) is 24.8 Å². The van der Waals surface area contributed by atoms with Gasteiger partial charge in [0.1, 0.15) is 0 Å². The van der Waals surface area contributed by atoms with Gasteiger partial charge in [0.25, 0.3) is 0 Å². The van der Waals surface area contributed by atoms with Crippen molar-refractivity contribution >= 4 is 33.1 Å². The van der Waals surface area contributed by atoms with Crippen LogP contribution in [-0.2, 0) is 4.79 Å². The molecule has 0 saturated carbocycles. The maximum atomic E-state index is 13.5. The average Bonchev–Trinajstić information content (AvgIpc) is 2.91. The number of hydrogen-bond donors (Lipinski definition) is 2. The van der Waals surface area contributed by atoms with E-state index in [1.54, 1.807) is 0 Å². The number of halogens is 1. The normalized spacial score (nSPS) is 20.8. The van der Waals surface area contributed by atoms with Crippen LogP contribution >= 0.6 is 15.9 Å². The highest BCUT2D eigenvalue weighted by Gasteiger charge is 2.36. The molecule has 4 heteroatoms. The molecule has 1 aliphatic carbocycles. The fourth-order valence-electron chi connectivity index (χ4n) is 4.40. The van der Waals surface area contributed by atoms with Crippen molar-refractivity contribution in [2.24, 2.45) is 0 Å². The lowest BCUT2D eigenvalue weighted by atomic mass is 9.78. The summed E-state index contributed by atoms with van der Waals surface area (Å²) in [5, 5.41) is 7.22. The number of carbonyl (C=O) groups excluding carboxylic acids is 1. The second-order valence-electron chi connectivity index (χ2n) is 7.60. The van der Waals surface area contributed by atoms with Crippen molar-refractivity contribution in [3.05, 3.63) is 106 Å². The van der Waals surface area contributed by atoms with E-state index in [1.807, 2.05) is 48.5 Å². The topological polar surface area (TPSA) is 41.1 Å². The molecule has 1 heterocycles. The first-order valence-corrected chi connectivity index (χ1v) is 10.7. The molecule has 2 unspecified atom stereocenters. The Hall–Kier alpha value is -2.85. The number of para-hydroxylation sites is 2. The molecule has 2 aliphatic rings. The number of carbonyl (C=O) groups is 1. The minimum atomic E-state index is -0.194. The van der Waals surface area contributed by atoms with E-state index in [4.69, 9.17) is 0 Å². The summed E-state index contributed by atoms with van der Waals surface area (Å²) in [5.74, 6) is 0.397. The Morgan fingerprint density at radius 1 is 0.793 bits per heavy atom. The first-order chi connectivity index (χ1) is 14.2. The van der Waals surface area contributed by atoms with E-state index in [0.29, 0.717) is 6.42 Å². The molecule has 0 saturated heterocycles. The van der Waals surface area contributed by atoms with Crippen LogP contribution in [0.3, 0.4) is 0 Å². The minimum absolute atomic E-state index is 0.194. The van der Waals surface area contributed by atoms with E-state index in [0.717, 1.165) is 39.1 Å². The second kappa shape index (κ2) is 7.53. The summed E-state index contributed by atoms with van der Waals surface area (Å²) in [7, 11) is 0. The summed E-state index contributed by atoms with van der Waals surface area (Å²) >= 11 is 3.69. The van der Waals surface area contributed by atoms with Gasteiger partial charge in [-0.2, -0.15) is 0 Å². The van der Waals surface area contributed by atoms with Crippen LogP contribution in [0.25, 0.3) is 0 Å². The lowest BCUT2D eigenvalue weighted by Gasteiger charge is -2.30. The number of Topliss-reactive ketones (excluding diaryl/α,β-unsaturated/α-hetero) is 1. The predicted molar refractivity (Wildman–Crippen MR) is 121 cm³/mol. The molecule has 1 aliphatic heterocycles. The van der Waals surface area contributed by atoms with E-state index in [2.05, 4.69) is 56.9 Å². The van der Waals surface area contributed by atoms with Crippen molar-refractivity contribution in [1.29, 1.82) is 0 Å². The number of benzene rings is 3. The highest BCUT2D eigenvalue weighted by molar-refractivity contribution is 9.10. The molecule has 0 fully saturated rings. The molecule has 0 amide bonds. The molecule has 0 radical (unpaired) electrons. The summed E-state index contributed by atoms with van der Waals surface area (Å²) in [6.07, 6.45) is 1.35. The maximum Gasteiger partial charge on any atom is 0.163 e. The van der Waals surface area contributed by atoms with Gasteiger partial charge in [-0.05, 0) is 41.7 Å². The van der Waals surface area contributed by atoms with Gasteiger partial charge >= 0.3 is 0 Å². The fourth-order valence-corrected chi connectivity index (χ4v) is 4.91. The lowest BCUT2D eigenvalue weighted by Crippen LogP contribution is -2.27. The summed E-state index contributed by atoms with van der Waals surface area (Å²) in [4.78, 5) is 13.5. The zero-order chi connectivity index (χ0) is 19.8. The number of fused-ring (bicyclic) bond motifs is 1. The van der Waals surface area contributed by atoms with Crippen molar-refractivity contribution in [3.8, 4) is 0 Å². The molecule has 2 atom stereocenters. The zero-order valence-corrected chi connectivity index (χ0v) is 17.4. The Kier molecular flexibility index (Phi) is 4.72. The number of anilines is 2. The molecule has 0 spiro atoms. The molecule has 0 aromatic heterocycles. The van der Waals surface area contributed by atoms with Crippen LogP contribution in [0, 0.1) is 0 Å². The molecular formula is C25H21BrN2O. The van der Waals surface area contributed by atoms with E-state index in [1.165, 1.54) is 5.56 Å². The molecule has 3 aromatic carbocycles. The predicted octanol–water partition coefficient (Wildman–Crippen LogP) is 6.43. The Bertz CT molecular complexity index is 1110. The number of ketones is 1.